The number of nitrogens with zero attached hydrogens (tertiary/aromatic N) is 1. The highest BCUT2D eigenvalue weighted by Gasteiger charge is 2.43. The number of thiophene rings is 1. The van der Waals surface area contributed by atoms with Gasteiger partial charge in [0.25, 0.3) is 6.71 Å². The Morgan fingerprint density at radius 3 is 2.74 bits per heavy atom. The summed E-state index contributed by atoms with van der Waals surface area (Å²) in [6.45, 7) is 3.66. The van der Waals surface area contributed by atoms with Crippen molar-refractivity contribution in [3.63, 3.8) is 0 Å². The van der Waals surface area contributed by atoms with Crippen molar-refractivity contribution in [3.05, 3.63) is 90.5 Å². The minimum atomic E-state index is 0.351. The Kier molecular flexibility index (Phi) is 3.68. The van der Waals surface area contributed by atoms with Gasteiger partial charge in [0.1, 0.15) is 0 Å². The lowest BCUT2D eigenvalue weighted by molar-refractivity contribution is 0.667. The molecule has 0 saturated heterocycles. The third kappa shape index (κ3) is 2.38. The van der Waals surface area contributed by atoms with E-state index in [1.165, 1.54) is 53.9 Å². The van der Waals surface area contributed by atoms with Gasteiger partial charge in [-0.05, 0) is 68.3 Å². The molecular weight excluding hydrogens is 393 g/mol. The summed E-state index contributed by atoms with van der Waals surface area (Å²) in [4.78, 5) is 2.57. The van der Waals surface area contributed by atoms with Crippen molar-refractivity contribution in [3.8, 4) is 11.1 Å². The van der Waals surface area contributed by atoms with Crippen molar-refractivity contribution in [2.24, 2.45) is 5.92 Å². The predicted molar refractivity (Wildman–Crippen MR) is 136 cm³/mol. The van der Waals surface area contributed by atoms with Crippen molar-refractivity contribution < 1.29 is 0 Å². The zero-order valence-corrected chi connectivity index (χ0v) is 18.3. The number of hydrogen-bond acceptors (Lipinski definition) is 2. The van der Waals surface area contributed by atoms with Crippen LogP contribution < -0.4 is 20.6 Å². The first-order valence-electron chi connectivity index (χ1n) is 11.2. The minimum absolute atomic E-state index is 0.351. The minimum Gasteiger partial charge on any atom is -0.338 e. The van der Waals surface area contributed by atoms with Crippen LogP contribution in [0.5, 0.6) is 0 Å². The van der Waals surface area contributed by atoms with E-state index in [1.54, 1.807) is 0 Å². The van der Waals surface area contributed by atoms with Gasteiger partial charge in [-0.2, -0.15) is 0 Å². The fourth-order valence-electron chi connectivity index (χ4n) is 5.74. The van der Waals surface area contributed by atoms with E-state index in [0.29, 0.717) is 12.6 Å². The number of anilines is 2. The van der Waals surface area contributed by atoms with Gasteiger partial charge in [-0.1, -0.05) is 73.7 Å². The second-order valence-electron chi connectivity index (χ2n) is 8.96. The molecule has 7 rings (SSSR count). The summed E-state index contributed by atoms with van der Waals surface area (Å²) in [5.74, 6) is 0.595. The molecule has 3 heteroatoms. The van der Waals surface area contributed by atoms with E-state index in [4.69, 9.17) is 0 Å². The fraction of sp³-hybridized carbons (Fsp3) is 0.143. The van der Waals surface area contributed by atoms with Crippen LogP contribution in [0.2, 0.25) is 0 Å². The molecule has 148 valence electrons. The summed E-state index contributed by atoms with van der Waals surface area (Å²) in [5.41, 5.74) is 10.1. The lowest BCUT2D eigenvalue weighted by Gasteiger charge is -2.37. The SMILES string of the molecule is CC1CC=CC=C1CN1c2ccccc2B2c3sc4ccccc4c3-c3cccc1c32. The molecular formula is C28H22BNS. The van der Waals surface area contributed by atoms with Crippen LogP contribution in [0.1, 0.15) is 13.3 Å². The fourth-order valence-corrected chi connectivity index (χ4v) is 7.09. The van der Waals surface area contributed by atoms with Gasteiger partial charge >= 0.3 is 0 Å². The maximum absolute atomic E-state index is 2.57. The van der Waals surface area contributed by atoms with Gasteiger partial charge in [-0.25, -0.2) is 0 Å². The summed E-state index contributed by atoms with van der Waals surface area (Å²) in [6, 6.07) is 24.9. The third-order valence-corrected chi connectivity index (χ3v) is 8.50. The smallest absolute Gasteiger partial charge is 0.260 e. The average molecular weight is 415 g/mol. The van der Waals surface area contributed by atoms with Gasteiger partial charge in [0.2, 0.25) is 0 Å². The van der Waals surface area contributed by atoms with Crippen molar-refractivity contribution in [2.75, 3.05) is 11.4 Å². The second kappa shape index (κ2) is 6.48. The van der Waals surface area contributed by atoms with Gasteiger partial charge in [-0.15, -0.1) is 11.3 Å². The molecule has 31 heavy (non-hydrogen) atoms. The van der Waals surface area contributed by atoms with Gasteiger partial charge in [0, 0.05) is 22.6 Å². The normalized spacial score (nSPS) is 18.1. The summed E-state index contributed by atoms with van der Waals surface area (Å²) < 4.78 is 2.92. The molecule has 0 amide bonds. The standard InChI is InChI=1S/C28H22BNS/c1-18-9-2-3-10-19(18)17-30-23-14-6-5-13-22(23)29-27-21(12-8-15-24(27)30)26-20-11-4-7-16-25(20)31-28(26)29/h2-8,10-16,18H,9,17H2,1H3. The van der Waals surface area contributed by atoms with E-state index >= 15 is 0 Å². The van der Waals surface area contributed by atoms with E-state index in [9.17, 15) is 0 Å². The number of rotatable bonds is 2. The molecule has 1 atom stereocenters. The summed E-state index contributed by atoms with van der Waals surface area (Å²) >= 11 is 1.98. The van der Waals surface area contributed by atoms with E-state index < -0.39 is 0 Å². The molecule has 2 aliphatic heterocycles. The summed E-state index contributed by atoms with van der Waals surface area (Å²) in [6.07, 6.45) is 7.99. The lowest BCUT2D eigenvalue weighted by atomic mass is 9.40. The van der Waals surface area contributed by atoms with Crippen LogP contribution in [0, 0.1) is 5.92 Å². The molecule has 0 spiro atoms. The van der Waals surface area contributed by atoms with Crippen LogP contribution in [-0.4, -0.2) is 13.3 Å². The Bertz CT molecular complexity index is 1430. The van der Waals surface area contributed by atoms with Crippen LogP contribution in [0.15, 0.2) is 90.5 Å². The number of para-hydroxylation sites is 1. The quantitative estimate of drug-likeness (QED) is 0.351. The van der Waals surface area contributed by atoms with Crippen molar-refractivity contribution in [1.82, 2.24) is 0 Å². The van der Waals surface area contributed by atoms with Crippen LogP contribution in [0.4, 0.5) is 11.4 Å². The Morgan fingerprint density at radius 2 is 1.81 bits per heavy atom. The number of fused-ring (bicyclic) bond motifs is 7. The highest BCUT2D eigenvalue weighted by Crippen LogP contribution is 2.41. The first-order valence-corrected chi connectivity index (χ1v) is 12.0. The largest absolute Gasteiger partial charge is 0.338 e. The zero-order valence-electron chi connectivity index (χ0n) is 17.5. The highest BCUT2D eigenvalue weighted by molar-refractivity contribution is 7.34. The van der Waals surface area contributed by atoms with Gasteiger partial charge in [0.15, 0.2) is 0 Å². The number of benzene rings is 3. The Hall–Kier alpha value is -3.04. The van der Waals surface area contributed by atoms with Crippen molar-refractivity contribution >= 4 is 55.2 Å². The average Bonchev–Trinajstić information content (AvgIpc) is 3.34. The van der Waals surface area contributed by atoms with E-state index in [0.717, 1.165) is 13.0 Å². The van der Waals surface area contributed by atoms with Crippen molar-refractivity contribution in [1.29, 1.82) is 0 Å². The molecule has 0 saturated carbocycles. The van der Waals surface area contributed by atoms with Crippen LogP contribution in [0.25, 0.3) is 21.2 Å². The molecule has 1 nitrogen and oxygen atoms in total. The van der Waals surface area contributed by atoms with Crippen LogP contribution in [-0.2, 0) is 0 Å². The van der Waals surface area contributed by atoms with E-state index in [-0.39, 0.29) is 0 Å². The maximum Gasteiger partial charge on any atom is 0.260 e. The Balaban J connectivity index is 1.49. The molecule has 3 aromatic carbocycles. The molecule has 3 heterocycles. The highest BCUT2D eigenvalue weighted by atomic mass is 32.1. The van der Waals surface area contributed by atoms with Gasteiger partial charge in [-0.3, -0.25) is 0 Å². The number of allylic oxidation sites excluding steroid dienone is 3. The monoisotopic (exact) mass is 415 g/mol. The molecule has 1 aromatic heterocycles. The van der Waals surface area contributed by atoms with Crippen LogP contribution >= 0.6 is 11.3 Å². The van der Waals surface area contributed by atoms with E-state index in [1.807, 2.05) is 11.3 Å². The first-order chi connectivity index (χ1) is 15.3. The molecule has 0 N–H and O–H groups in total. The topological polar surface area (TPSA) is 3.24 Å². The Morgan fingerprint density at radius 1 is 0.968 bits per heavy atom. The van der Waals surface area contributed by atoms with Crippen molar-refractivity contribution in [2.45, 2.75) is 13.3 Å². The molecule has 1 unspecified atom stereocenters. The Labute approximate surface area is 187 Å². The van der Waals surface area contributed by atoms with Gasteiger partial charge in [0.05, 0.1) is 0 Å². The van der Waals surface area contributed by atoms with Crippen LogP contribution in [0.3, 0.4) is 0 Å². The maximum atomic E-state index is 2.57. The molecule has 0 bridgehead atoms. The molecule has 0 radical (unpaired) electrons. The number of hydrogen-bond donors (Lipinski definition) is 0. The third-order valence-electron chi connectivity index (χ3n) is 7.27. The summed E-state index contributed by atoms with van der Waals surface area (Å²) in [7, 11) is 0. The van der Waals surface area contributed by atoms with E-state index in [2.05, 4.69) is 96.8 Å². The second-order valence-corrected chi connectivity index (χ2v) is 10.0. The predicted octanol–water partition coefficient (Wildman–Crippen LogP) is 5.37. The molecule has 0 fully saturated rings. The zero-order chi connectivity index (χ0) is 20.5. The summed E-state index contributed by atoms with van der Waals surface area (Å²) in [5, 5.41) is 1.41. The lowest BCUT2D eigenvalue weighted by Crippen LogP contribution is -2.55. The molecule has 4 aromatic rings. The van der Waals surface area contributed by atoms with Gasteiger partial charge < -0.3 is 4.90 Å². The first kappa shape index (κ1) is 17.6. The molecule has 3 aliphatic rings. The molecule has 1 aliphatic carbocycles.